The predicted molar refractivity (Wildman–Crippen MR) is 235 cm³/mol. The van der Waals surface area contributed by atoms with Crippen LogP contribution in [0.5, 0.6) is 0 Å². The van der Waals surface area contributed by atoms with Crippen molar-refractivity contribution in [2.45, 2.75) is 188 Å². The van der Waals surface area contributed by atoms with Crippen molar-refractivity contribution in [3.8, 4) is 0 Å². The van der Waals surface area contributed by atoms with Gasteiger partial charge in [0.2, 0.25) is 41.4 Å². The number of rotatable bonds is 18. The fourth-order valence-corrected chi connectivity index (χ4v) is 4.95. The molecule has 19 heteroatoms. The summed E-state index contributed by atoms with van der Waals surface area (Å²) in [6.45, 7) is 27.6. The summed E-state index contributed by atoms with van der Waals surface area (Å²) >= 11 is 0. The molecule has 63 heavy (non-hydrogen) atoms. The molecule has 1 rings (SSSR count). The van der Waals surface area contributed by atoms with Gasteiger partial charge in [0.1, 0.15) is 56.5 Å². The van der Waals surface area contributed by atoms with Gasteiger partial charge in [0.25, 0.3) is 0 Å². The van der Waals surface area contributed by atoms with Crippen molar-refractivity contribution in [1.29, 1.82) is 0 Å². The first-order valence-electron chi connectivity index (χ1n) is 20.5. The molecule has 0 radical (unpaired) electrons. The molecular formula is C44H72N8O11. The fourth-order valence-electron chi connectivity index (χ4n) is 4.95. The van der Waals surface area contributed by atoms with E-state index in [9.17, 15) is 43.2 Å². The summed E-state index contributed by atoms with van der Waals surface area (Å²) in [5, 5.41) is 20.6. The first-order chi connectivity index (χ1) is 28.0. The zero-order valence-corrected chi connectivity index (χ0v) is 40.6. The monoisotopic (exact) mass is 889 g/mol. The maximum absolute atomic E-state index is 13.6. The first-order valence-corrected chi connectivity index (χ1v) is 20.5. The minimum Gasteiger partial charge on any atom is -0.458 e. The summed E-state index contributed by atoms with van der Waals surface area (Å²) in [7, 11) is 0. The van der Waals surface area contributed by atoms with Gasteiger partial charge >= 0.3 is 12.1 Å². The molecule has 8 N–H and O–H groups in total. The average molecular weight is 889 g/mol. The summed E-state index contributed by atoms with van der Waals surface area (Å²) in [5.74, 6) is -5.99. The quantitative estimate of drug-likeness (QED) is 0.0992. The Morgan fingerprint density at radius 3 is 0.857 bits per heavy atom. The van der Waals surface area contributed by atoms with E-state index >= 15 is 0 Å². The van der Waals surface area contributed by atoms with Crippen LogP contribution in [0.1, 0.15) is 137 Å². The highest BCUT2D eigenvalue weighted by Gasteiger charge is 2.46. The number of esters is 1. The van der Waals surface area contributed by atoms with Gasteiger partial charge in [-0.2, -0.15) is 0 Å². The topological polar surface area (TPSA) is 268 Å². The maximum Gasteiger partial charge on any atom is 0.408 e. The van der Waals surface area contributed by atoms with Crippen LogP contribution in [-0.2, 0) is 54.4 Å². The summed E-state index contributed by atoms with van der Waals surface area (Å²) in [4.78, 5) is 119. The molecule has 0 aromatic heterocycles. The molecule has 0 saturated heterocycles. The van der Waals surface area contributed by atoms with Crippen LogP contribution in [0.3, 0.4) is 0 Å². The highest BCUT2D eigenvalue weighted by Crippen LogP contribution is 2.19. The van der Waals surface area contributed by atoms with Crippen LogP contribution in [-0.4, -0.2) is 103 Å². The second-order valence-corrected chi connectivity index (χ2v) is 20.9. The third kappa shape index (κ3) is 16.5. The van der Waals surface area contributed by atoms with Crippen molar-refractivity contribution in [3.05, 3.63) is 35.9 Å². The number of amides is 8. The highest BCUT2D eigenvalue weighted by atomic mass is 16.6. The number of carbonyl (C=O) groups excluding carboxylic acids is 9. The second-order valence-electron chi connectivity index (χ2n) is 20.9. The number of hydrogen-bond acceptors (Lipinski definition) is 11. The molecule has 8 amide bonds. The minimum atomic E-state index is -1.66. The largest absolute Gasteiger partial charge is 0.458 e. The molecule has 0 bridgehead atoms. The third-order valence-corrected chi connectivity index (χ3v) is 9.49. The lowest BCUT2D eigenvalue weighted by Crippen LogP contribution is -2.69. The van der Waals surface area contributed by atoms with Crippen LogP contribution in [0.4, 0.5) is 4.79 Å². The Kier molecular flexibility index (Phi) is 17.0. The van der Waals surface area contributed by atoms with E-state index in [-0.39, 0.29) is 6.61 Å². The SMILES string of the molecule is CC(C)(C)OC(=O)C(C)(C)NC(=O)C(C)(C)NC(=O)C(C)(C)NC(=O)C(C)(C)NC(=O)C(C)(C)NC(=O)C(C)(C)NC(=O)C(C)(C)NC(=O)C(C)(C)NC(=O)OCc1ccccc1. The zero-order valence-electron chi connectivity index (χ0n) is 40.6. The van der Waals surface area contributed by atoms with E-state index in [2.05, 4.69) is 42.5 Å². The Hall–Kier alpha value is -5.75. The van der Waals surface area contributed by atoms with Crippen LogP contribution in [0.15, 0.2) is 30.3 Å². The van der Waals surface area contributed by atoms with Crippen LogP contribution in [0.25, 0.3) is 0 Å². The normalized spacial score (nSPS) is 13.0. The molecule has 1 aromatic rings. The Balaban J connectivity index is 2.93. The molecule has 0 fully saturated rings. The van der Waals surface area contributed by atoms with Gasteiger partial charge in [-0.1, -0.05) is 30.3 Å². The van der Waals surface area contributed by atoms with Gasteiger partial charge in [0, 0.05) is 0 Å². The van der Waals surface area contributed by atoms with Gasteiger partial charge in [0.05, 0.1) is 0 Å². The van der Waals surface area contributed by atoms with Gasteiger partial charge in [-0.05, 0) is 137 Å². The van der Waals surface area contributed by atoms with Gasteiger partial charge in [-0.15, -0.1) is 0 Å². The lowest BCUT2D eigenvalue weighted by Gasteiger charge is -2.38. The Bertz CT molecular complexity index is 1930. The molecular weight excluding hydrogens is 817 g/mol. The number of hydrogen-bond donors (Lipinski definition) is 8. The number of nitrogens with one attached hydrogen (secondary N) is 8. The van der Waals surface area contributed by atoms with Crippen molar-refractivity contribution < 1.29 is 52.6 Å². The van der Waals surface area contributed by atoms with Gasteiger partial charge in [-0.3, -0.25) is 33.6 Å². The molecule has 0 aliphatic carbocycles. The van der Waals surface area contributed by atoms with Crippen LogP contribution in [0.2, 0.25) is 0 Å². The van der Waals surface area contributed by atoms with E-state index in [1.807, 2.05) is 6.07 Å². The molecule has 0 aliphatic rings. The summed E-state index contributed by atoms with van der Waals surface area (Å²) in [5.41, 5.74) is -12.8. The van der Waals surface area contributed by atoms with Gasteiger partial charge in [0.15, 0.2) is 0 Å². The van der Waals surface area contributed by atoms with E-state index in [0.717, 1.165) is 5.56 Å². The highest BCUT2D eigenvalue weighted by molar-refractivity contribution is 6.02. The molecule has 354 valence electrons. The van der Waals surface area contributed by atoms with Crippen molar-refractivity contribution in [2.24, 2.45) is 0 Å². The molecule has 19 nitrogen and oxygen atoms in total. The smallest absolute Gasteiger partial charge is 0.408 e. The zero-order chi connectivity index (χ0) is 49.6. The van der Waals surface area contributed by atoms with E-state index < -0.39 is 103 Å². The van der Waals surface area contributed by atoms with Crippen molar-refractivity contribution >= 4 is 53.4 Å². The van der Waals surface area contributed by atoms with Gasteiger partial charge in [-0.25, -0.2) is 9.59 Å². The van der Waals surface area contributed by atoms with E-state index in [4.69, 9.17) is 9.47 Å². The molecule has 0 saturated carbocycles. The number of alkyl carbamates (subject to hydrolysis) is 1. The van der Waals surface area contributed by atoms with Crippen molar-refractivity contribution in [3.63, 3.8) is 0 Å². The van der Waals surface area contributed by atoms with E-state index in [0.29, 0.717) is 0 Å². The summed E-state index contributed by atoms with van der Waals surface area (Å²) in [6, 6.07) is 8.94. The minimum absolute atomic E-state index is 0.0247. The standard InChI is InChI=1S/C44H72N8O11/c1-36(2,3)63-34(60)44(18,19)51-32(58)42(14,15)49-30(56)40(10,11)47-28(54)38(6,7)45-27(53)37(4,5)46-29(55)39(8,9)48-31(57)41(12,13)50-33(59)43(16,17)52-35(61)62-25-26-23-21-20-22-24-26/h20-24H,25H2,1-19H3,(H,45,53)(H,46,55)(H,47,54)(H,48,57)(H,49,56)(H,50,59)(H,51,58)(H,52,61). The van der Waals surface area contributed by atoms with Crippen molar-refractivity contribution in [1.82, 2.24) is 42.5 Å². The summed E-state index contributed by atoms with van der Waals surface area (Å²) < 4.78 is 10.6. The third-order valence-electron chi connectivity index (χ3n) is 9.49. The fraction of sp³-hybridized carbons (Fsp3) is 0.659. The lowest BCUT2D eigenvalue weighted by molar-refractivity contribution is -0.163. The molecule has 0 aliphatic heterocycles. The van der Waals surface area contributed by atoms with Crippen molar-refractivity contribution in [2.75, 3.05) is 0 Å². The Morgan fingerprint density at radius 1 is 0.365 bits per heavy atom. The average Bonchev–Trinajstić information content (AvgIpc) is 3.08. The number of benzene rings is 1. The molecule has 0 atom stereocenters. The Morgan fingerprint density at radius 2 is 0.603 bits per heavy atom. The molecule has 0 heterocycles. The van der Waals surface area contributed by atoms with Crippen LogP contribution < -0.4 is 42.5 Å². The Labute approximate surface area is 371 Å². The van der Waals surface area contributed by atoms with E-state index in [1.54, 1.807) is 45.0 Å². The number of carbonyl (C=O) groups is 9. The molecule has 0 unspecified atom stereocenters. The predicted octanol–water partition coefficient (Wildman–Crippen LogP) is 2.30. The lowest BCUT2D eigenvalue weighted by atomic mass is 9.93. The summed E-state index contributed by atoms with van der Waals surface area (Å²) in [6.07, 6.45) is -0.854. The van der Waals surface area contributed by atoms with Crippen LogP contribution >= 0.6 is 0 Å². The second kappa shape index (κ2) is 19.3. The maximum atomic E-state index is 13.6. The van der Waals surface area contributed by atoms with Gasteiger partial charge < -0.3 is 52.0 Å². The molecule has 0 spiro atoms. The first kappa shape index (κ1) is 55.3. The van der Waals surface area contributed by atoms with Crippen LogP contribution in [0, 0.1) is 0 Å². The molecule has 1 aromatic carbocycles. The number of ether oxygens (including phenoxy) is 2. The van der Waals surface area contributed by atoms with E-state index in [1.165, 1.54) is 111 Å².